The summed E-state index contributed by atoms with van der Waals surface area (Å²) in [5.41, 5.74) is 1.63. The molecular weight excluding hydrogens is 311 g/mol. The minimum atomic E-state index is -2.95. The van der Waals surface area contributed by atoms with E-state index in [9.17, 15) is 12.8 Å². The highest BCUT2D eigenvalue weighted by Gasteiger charge is 2.10. The lowest BCUT2D eigenvalue weighted by Crippen LogP contribution is -2.19. The first-order valence-corrected chi connectivity index (χ1v) is 9.43. The van der Waals surface area contributed by atoms with Gasteiger partial charge in [-0.1, -0.05) is 0 Å². The van der Waals surface area contributed by atoms with Crippen LogP contribution in [0.15, 0.2) is 29.6 Å². The molecule has 0 aliphatic rings. The van der Waals surface area contributed by atoms with Crippen molar-refractivity contribution in [3.05, 3.63) is 35.5 Å². The quantitative estimate of drug-likeness (QED) is 0.885. The number of nitrogens with one attached hydrogen (secondary N) is 1. The van der Waals surface area contributed by atoms with Crippen molar-refractivity contribution in [2.24, 2.45) is 0 Å². The first-order chi connectivity index (χ1) is 9.83. The van der Waals surface area contributed by atoms with Gasteiger partial charge >= 0.3 is 0 Å². The zero-order valence-electron chi connectivity index (χ0n) is 11.8. The molecule has 0 aliphatic heterocycles. The van der Waals surface area contributed by atoms with Crippen LogP contribution in [0.2, 0.25) is 0 Å². The Balaban J connectivity index is 1.98. The van der Waals surface area contributed by atoms with Crippen LogP contribution in [0.1, 0.15) is 13.3 Å². The van der Waals surface area contributed by atoms with Crippen molar-refractivity contribution in [3.63, 3.8) is 0 Å². The van der Waals surface area contributed by atoms with E-state index in [1.165, 1.54) is 29.7 Å². The first-order valence-electron chi connectivity index (χ1n) is 6.49. The van der Waals surface area contributed by atoms with Gasteiger partial charge in [-0.3, -0.25) is 0 Å². The summed E-state index contributed by atoms with van der Waals surface area (Å²) >= 11 is 1.44. The number of sulfone groups is 1. The molecule has 2 rings (SSSR count). The van der Waals surface area contributed by atoms with Crippen molar-refractivity contribution in [3.8, 4) is 11.3 Å². The van der Waals surface area contributed by atoms with Gasteiger partial charge in [0, 0.05) is 23.2 Å². The van der Waals surface area contributed by atoms with Gasteiger partial charge in [-0.2, -0.15) is 0 Å². The van der Waals surface area contributed by atoms with Gasteiger partial charge < -0.3 is 5.32 Å². The lowest BCUT2D eigenvalue weighted by atomic mass is 10.2. The maximum absolute atomic E-state index is 12.9. The van der Waals surface area contributed by atoms with E-state index in [1.54, 1.807) is 12.1 Å². The van der Waals surface area contributed by atoms with Crippen molar-refractivity contribution in [1.82, 2.24) is 4.98 Å². The molecule has 0 fully saturated rings. The molecule has 1 aromatic heterocycles. The molecular formula is C14H17FN2O2S2. The van der Waals surface area contributed by atoms with E-state index in [1.807, 2.05) is 12.3 Å². The van der Waals surface area contributed by atoms with Gasteiger partial charge in [0.05, 0.1) is 11.4 Å². The van der Waals surface area contributed by atoms with Crippen LogP contribution in [0.5, 0.6) is 0 Å². The van der Waals surface area contributed by atoms with Crippen molar-refractivity contribution < 1.29 is 12.8 Å². The Morgan fingerprint density at radius 2 is 2.00 bits per heavy atom. The molecule has 1 heterocycles. The largest absolute Gasteiger partial charge is 0.359 e. The van der Waals surface area contributed by atoms with Crippen molar-refractivity contribution in [2.45, 2.75) is 19.4 Å². The van der Waals surface area contributed by atoms with E-state index < -0.39 is 9.84 Å². The number of hydrogen-bond acceptors (Lipinski definition) is 5. The molecule has 0 amide bonds. The number of anilines is 1. The first kappa shape index (κ1) is 15.9. The summed E-state index contributed by atoms with van der Waals surface area (Å²) in [7, 11) is -2.95. The zero-order valence-corrected chi connectivity index (χ0v) is 13.5. The van der Waals surface area contributed by atoms with E-state index in [-0.39, 0.29) is 17.6 Å². The number of thiazole rings is 1. The van der Waals surface area contributed by atoms with Crippen molar-refractivity contribution >= 4 is 26.3 Å². The summed E-state index contributed by atoms with van der Waals surface area (Å²) in [6.07, 6.45) is 1.76. The maximum Gasteiger partial charge on any atom is 0.183 e. The Hall–Kier alpha value is -1.47. The fraction of sp³-hybridized carbons (Fsp3) is 0.357. The third-order valence-corrected chi connectivity index (χ3v) is 4.69. The van der Waals surface area contributed by atoms with E-state index in [2.05, 4.69) is 10.3 Å². The van der Waals surface area contributed by atoms with E-state index >= 15 is 0 Å². The molecule has 4 nitrogen and oxygen atoms in total. The molecule has 0 saturated heterocycles. The van der Waals surface area contributed by atoms with Gasteiger partial charge in [0.15, 0.2) is 5.13 Å². The highest BCUT2D eigenvalue weighted by Crippen LogP contribution is 2.25. The maximum atomic E-state index is 12.9. The normalized spacial score (nSPS) is 13.1. The number of nitrogens with zero attached hydrogens (tertiary/aromatic N) is 1. The van der Waals surface area contributed by atoms with Crippen LogP contribution >= 0.6 is 11.3 Å². The van der Waals surface area contributed by atoms with Crippen LogP contribution in [0.25, 0.3) is 11.3 Å². The molecule has 7 heteroatoms. The fourth-order valence-electron chi connectivity index (χ4n) is 1.77. The van der Waals surface area contributed by atoms with E-state index in [0.29, 0.717) is 6.42 Å². The molecule has 0 aliphatic carbocycles. The SMILES string of the molecule is CC(CCS(C)(=O)=O)Nc1nc(-c2ccc(F)cc2)cs1. The lowest BCUT2D eigenvalue weighted by molar-refractivity contribution is 0.595. The predicted octanol–water partition coefficient (Wildman–Crippen LogP) is 3.18. The number of aromatic nitrogens is 1. The van der Waals surface area contributed by atoms with Crippen LogP contribution in [0.3, 0.4) is 0 Å². The molecule has 1 N–H and O–H groups in total. The molecule has 0 spiro atoms. The summed E-state index contributed by atoms with van der Waals surface area (Å²) in [5, 5.41) is 5.80. The fourth-order valence-corrected chi connectivity index (χ4v) is 3.38. The molecule has 1 unspecified atom stereocenters. The van der Waals surface area contributed by atoms with Gasteiger partial charge in [0.1, 0.15) is 15.7 Å². The van der Waals surface area contributed by atoms with Crippen LogP contribution < -0.4 is 5.32 Å². The average Bonchev–Trinajstić information content (AvgIpc) is 2.85. The summed E-state index contributed by atoms with van der Waals surface area (Å²) in [5.74, 6) is -0.126. The van der Waals surface area contributed by atoms with E-state index in [0.717, 1.165) is 16.4 Å². The zero-order chi connectivity index (χ0) is 15.5. The molecule has 1 atom stereocenters. The Labute approximate surface area is 128 Å². The van der Waals surface area contributed by atoms with Crippen LogP contribution in [-0.2, 0) is 9.84 Å². The highest BCUT2D eigenvalue weighted by molar-refractivity contribution is 7.90. The molecule has 0 bridgehead atoms. The second-order valence-electron chi connectivity index (χ2n) is 5.01. The third kappa shape index (κ3) is 5.09. The molecule has 21 heavy (non-hydrogen) atoms. The second kappa shape index (κ2) is 6.53. The summed E-state index contributed by atoms with van der Waals surface area (Å²) < 4.78 is 35.1. The van der Waals surface area contributed by atoms with Crippen LogP contribution in [-0.4, -0.2) is 31.5 Å². The van der Waals surface area contributed by atoms with Crippen molar-refractivity contribution in [1.29, 1.82) is 0 Å². The van der Waals surface area contributed by atoms with Gasteiger partial charge in [0.25, 0.3) is 0 Å². The monoisotopic (exact) mass is 328 g/mol. The molecule has 1 aromatic carbocycles. The lowest BCUT2D eigenvalue weighted by Gasteiger charge is -2.11. The summed E-state index contributed by atoms with van der Waals surface area (Å²) in [6, 6.07) is 6.18. The average molecular weight is 328 g/mol. The Bertz CT molecular complexity index is 696. The number of halogens is 1. The molecule has 0 radical (unpaired) electrons. The number of hydrogen-bond donors (Lipinski definition) is 1. The van der Waals surface area contributed by atoms with Crippen LogP contribution in [0.4, 0.5) is 9.52 Å². The molecule has 0 saturated carbocycles. The standard InChI is InChI=1S/C14H17FN2O2S2/c1-10(7-8-21(2,18)19)16-14-17-13(9-20-14)11-3-5-12(15)6-4-11/h3-6,9-10H,7-8H2,1-2H3,(H,16,17). The predicted molar refractivity (Wildman–Crippen MR) is 84.9 cm³/mol. The number of benzene rings is 1. The molecule has 2 aromatic rings. The van der Waals surface area contributed by atoms with Crippen molar-refractivity contribution in [2.75, 3.05) is 17.3 Å². The second-order valence-corrected chi connectivity index (χ2v) is 8.13. The van der Waals surface area contributed by atoms with Gasteiger partial charge in [-0.25, -0.2) is 17.8 Å². The smallest absolute Gasteiger partial charge is 0.183 e. The number of rotatable bonds is 6. The molecule has 114 valence electrons. The van der Waals surface area contributed by atoms with Crippen LogP contribution in [0, 0.1) is 5.82 Å². The minimum absolute atomic E-state index is 0.0203. The van der Waals surface area contributed by atoms with Gasteiger partial charge in [-0.15, -0.1) is 11.3 Å². The highest BCUT2D eigenvalue weighted by atomic mass is 32.2. The van der Waals surface area contributed by atoms with Gasteiger partial charge in [-0.05, 0) is 37.6 Å². The summed E-state index contributed by atoms with van der Waals surface area (Å²) in [4.78, 5) is 4.43. The minimum Gasteiger partial charge on any atom is -0.359 e. The summed E-state index contributed by atoms with van der Waals surface area (Å²) in [6.45, 7) is 1.92. The Morgan fingerprint density at radius 3 is 2.62 bits per heavy atom. The Morgan fingerprint density at radius 1 is 1.33 bits per heavy atom. The Kier molecular flexibility index (Phi) is 4.95. The topological polar surface area (TPSA) is 59.1 Å². The van der Waals surface area contributed by atoms with E-state index in [4.69, 9.17) is 0 Å². The third-order valence-electron chi connectivity index (χ3n) is 2.94. The van der Waals surface area contributed by atoms with Gasteiger partial charge in [0.2, 0.25) is 0 Å².